The number of rotatable bonds is 7. The van der Waals surface area contributed by atoms with Crippen LogP contribution in [0.5, 0.6) is 0 Å². The van der Waals surface area contributed by atoms with Gasteiger partial charge in [0.25, 0.3) is 0 Å². The van der Waals surface area contributed by atoms with E-state index in [1.807, 2.05) is 6.07 Å². The van der Waals surface area contributed by atoms with E-state index in [2.05, 4.69) is 0 Å². The highest BCUT2D eigenvalue weighted by atomic mass is 35.5. The smallest absolute Gasteiger partial charge is 0.305 e. The molecule has 19 heavy (non-hydrogen) atoms. The number of benzene rings is 1. The Labute approximate surface area is 117 Å². The van der Waals surface area contributed by atoms with E-state index in [-0.39, 0.29) is 23.6 Å². The van der Waals surface area contributed by atoms with Crippen LogP contribution in [0.25, 0.3) is 5.57 Å². The summed E-state index contributed by atoms with van der Waals surface area (Å²) in [7, 11) is -3.63. The summed E-state index contributed by atoms with van der Waals surface area (Å²) in [5.74, 6) is 0. The van der Waals surface area contributed by atoms with Gasteiger partial charge in [0, 0.05) is 5.57 Å². The van der Waals surface area contributed by atoms with E-state index in [1.54, 1.807) is 38.1 Å². The van der Waals surface area contributed by atoms with Crippen molar-refractivity contribution in [3.63, 3.8) is 0 Å². The quantitative estimate of drug-likeness (QED) is 0.433. The molecule has 0 aliphatic heterocycles. The molecule has 0 heterocycles. The van der Waals surface area contributed by atoms with Crippen molar-refractivity contribution in [2.75, 3.05) is 13.2 Å². The van der Waals surface area contributed by atoms with Crippen molar-refractivity contribution >= 4 is 31.1 Å². The molecule has 0 saturated heterocycles. The molecule has 6 heteroatoms. The summed E-state index contributed by atoms with van der Waals surface area (Å²) < 4.78 is 22.6. The number of carbonyl (C=O) groups is 1. The number of carbonyl (C=O) groups excluding carboxylic acids is 1. The zero-order chi connectivity index (χ0) is 14.3. The summed E-state index contributed by atoms with van der Waals surface area (Å²) in [4.78, 5) is 11.2. The summed E-state index contributed by atoms with van der Waals surface area (Å²) in [5.41, 5.74) is 0.689. The molecular weight excluding hydrogens is 287 g/mol. The summed E-state index contributed by atoms with van der Waals surface area (Å²) in [6.45, 7) is 3.71. The number of halogens is 1. The van der Waals surface area contributed by atoms with Gasteiger partial charge < -0.3 is 9.05 Å². The Bertz CT molecular complexity index is 489. The molecule has 0 N–H and O–H groups in total. The summed E-state index contributed by atoms with van der Waals surface area (Å²) >= 11 is 6.08. The van der Waals surface area contributed by atoms with Gasteiger partial charge in [-0.25, -0.2) is 0 Å². The molecule has 1 rings (SSSR count). The maximum atomic E-state index is 12.5. The van der Waals surface area contributed by atoms with Gasteiger partial charge in [-0.1, -0.05) is 41.9 Å². The molecule has 4 nitrogen and oxygen atoms in total. The van der Waals surface area contributed by atoms with E-state index in [0.717, 1.165) is 0 Å². The second-order valence-electron chi connectivity index (χ2n) is 3.52. The first-order valence-electron chi connectivity index (χ1n) is 5.89. The Morgan fingerprint density at radius 1 is 1.21 bits per heavy atom. The largest absolute Gasteiger partial charge is 0.373 e. The zero-order valence-corrected chi connectivity index (χ0v) is 12.5. The third-order valence-electron chi connectivity index (χ3n) is 2.26. The lowest BCUT2D eigenvalue weighted by Crippen LogP contribution is -1.99. The van der Waals surface area contributed by atoms with E-state index < -0.39 is 7.60 Å². The van der Waals surface area contributed by atoms with Gasteiger partial charge in [0.05, 0.1) is 13.2 Å². The van der Waals surface area contributed by atoms with Crippen LogP contribution in [0.1, 0.15) is 19.4 Å². The van der Waals surface area contributed by atoms with Gasteiger partial charge >= 0.3 is 7.60 Å². The molecule has 1 aromatic carbocycles. The minimum absolute atomic E-state index is 0.118. The van der Waals surface area contributed by atoms with Crippen LogP contribution < -0.4 is 0 Å². The SMILES string of the molecule is CCOP(=O)(OCC)/C(Cl)=C(/C=O)c1ccccc1. The van der Waals surface area contributed by atoms with Crippen LogP contribution in [-0.2, 0) is 18.4 Å². The molecule has 0 bridgehead atoms. The Balaban J connectivity index is 3.30. The highest BCUT2D eigenvalue weighted by Crippen LogP contribution is 2.59. The first kappa shape index (κ1) is 16.1. The van der Waals surface area contributed by atoms with Gasteiger partial charge in [-0.05, 0) is 19.4 Å². The molecule has 0 aromatic heterocycles. The lowest BCUT2D eigenvalue weighted by Gasteiger charge is -2.17. The maximum absolute atomic E-state index is 12.5. The summed E-state index contributed by atoms with van der Waals surface area (Å²) in [6.07, 6.45) is 0.558. The molecule has 0 unspecified atom stereocenters. The molecule has 0 saturated carbocycles. The van der Waals surface area contributed by atoms with Crippen LogP contribution >= 0.6 is 19.2 Å². The fourth-order valence-electron chi connectivity index (χ4n) is 1.49. The van der Waals surface area contributed by atoms with E-state index in [4.69, 9.17) is 20.6 Å². The minimum atomic E-state index is -3.63. The second kappa shape index (κ2) is 7.61. The van der Waals surface area contributed by atoms with Gasteiger partial charge in [0.1, 0.15) is 4.77 Å². The van der Waals surface area contributed by atoms with Crippen molar-refractivity contribution in [2.24, 2.45) is 0 Å². The van der Waals surface area contributed by atoms with Crippen LogP contribution in [-0.4, -0.2) is 19.5 Å². The second-order valence-corrected chi connectivity index (χ2v) is 6.12. The topological polar surface area (TPSA) is 52.6 Å². The van der Waals surface area contributed by atoms with E-state index >= 15 is 0 Å². The van der Waals surface area contributed by atoms with Crippen LogP contribution in [0.2, 0.25) is 0 Å². The molecule has 0 radical (unpaired) electrons. The molecule has 0 amide bonds. The van der Waals surface area contributed by atoms with E-state index in [0.29, 0.717) is 11.8 Å². The summed E-state index contributed by atoms with van der Waals surface area (Å²) in [5, 5.41) is 0. The van der Waals surface area contributed by atoms with Gasteiger partial charge in [-0.2, -0.15) is 0 Å². The Morgan fingerprint density at radius 3 is 2.16 bits per heavy atom. The monoisotopic (exact) mass is 302 g/mol. The van der Waals surface area contributed by atoms with Crippen LogP contribution in [0.15, 0.2) is 35.1 Å². The van der Waals surface area contributed by atoms with Gasteiger partial charge in [0.15, 0.2) is 6.29 Å². The summed E-state index contributed by atoms with van der Waals surface area (Å²) in [6, 6.07) is 8.73. The Morgan fingerprint density at radius 2 is 1.74 bits per heavy atom. The Hall–Kier alpha value is -0.930. The van der Waals surface area contributed by atoms with Crippen LogP contribution in [0, 0.1) is 0 Å². The molecule has 0 aliphatic rings. The van der Waals surface area contributed by atoms with Crippen molar-refractivity contribution in [3.05, 3.63) is 40.7 Å². The fourth-order valence-corrected chi connectivity index (χ4v) is 3.40. The van der Waals surface area contributed by atoms with E-state index in [1.165, 1.54) is 0 Å². The zero-order valence-electron chi connectivity index (χ0n) is 10.8. The number of hydrogen-bond donors (Lipinski definition) is 0. The number of allylic oxidation sites excluding steroid dienone is 1. The normalized spacial score (nSPS) is 13.0. The Kier molecular flexibility index (Phi) is 6.46. The van der Waals surface area contributed by atoms with Gasteiger partial charge in [0.2, 0.25) is 0 Å². The average molecular weight is 303 g/mol. The van der Waals surface area contributed by atoms with Crippen molar-refractivity contribution in [2.45, 2.75) is 13.8 Å². The predicted molar refractivity (Wildman–Crippen MR) is 76.1 cm³/mol. The molecule has 0 atom stereocenters. The molecule has 1 aromatic rings. The number of hydrogen-bond acceptors (Lipinski definition) is 4. The third-order valence-corrected chi connectivity index (χ3v) is 5.01. The highest BCUT2D eigenvalue weighted by molar-refractivity contribution is 7.61. The molecule has 0 aliphatic carbocycles. The van der Waals surface area contributed by atoms with Gasteiger partial charge in [-0.3, -0.25) is 9.36 Å². The molecular formula is C13H16ClO4P. The van der Waals surface area contributed by atoms with Crippen molar-refractivity contribution in [3.8, 4) is 0 Å². The lowest BCUT2D eigenvalue weighted by molar-refractivity contribution is -0.103. The van der Waals surface area contributed by atoms with Crippen molar-refractivity contribution < 1.29 is 18.4 Å². The van der Waals surface area contributed by atoms with Crippen molar-refractivity contribution in [1.29, 1.82) is 0 Å². The third kappa shape index (κ3) is 4.02. The fraction of sp³-hybridized carbons (Fsp3) is 0.308. The standard InChI is InChI=1S/C13H16ClO4P/c1-3-17-19(16,18-4-2)13(14)12(10-15)11-8-6-5-7-9-11/h5-10H,3-4H2,1-2H3/b13-12-. The molecule has 0 fully saturated rings. The molecule has 104 valence electrons. The minimum Gasteiger partial charge on any atom is -0.305 e. The van der Waals surface area contributed by atoms with E-state index in [9.17, 15) is 9.36 Å². The predicted octanol–water partition coefficient (Wildman–Crippen LogP) is 4.06. The van der Waals surface area contributed by atoms with Crippen LogP contribution in [0.4, 0.5) is 0 Å². The first-order valence-corrected chi connectivity index (χ1v) is 7.81. The highest BCUT2D eigenvalue weighted by Gasteiger charge is 2.31. The number of aldehydes is 1. The first-order chi connectivity index (χ1) is 9.09. The van der Waals surface area contributed by atoms with Crippen LogP contribution in [0.3, 0.4) is 0 Å². The van der Waals surface area contributed by atoms with Gasteiger partial charge in [-0.15, -0.1) is 0 Å². The molecule has 0 spiro atoms. The van der Waals surface area contributed by atoms with Crippen molar-refractivity contribution in [1.82, 2.24) is 0 Å². The maximum Gasteiger partial charge on any atom is 0.373 e. The lowest BCUT2D eigenvalue weighted by atomic mass is 10.1. The average Bonchev–Trinajstić information content (AvgIpc) is 2.41.